The number of aryl methyl sites for hydroxylation is 7. The highest BCUT2D eigenvalue weighted by atomic mass is 32.2. The van der Waals surface area contributed by atoms with E-state index in [0.717, 1.165) is 5.75 Å². The highest BCUT2D eigenvalue weighted by Gasteiger charge is 2.36. The Morgan fingerprint density at radius 1 is 0.254 bits per heavy atom. The van der Waals surface area contributed by atoms with Crippen molar-refractivity contribution >= 4 is 82.0 Å². The Labute approximate surface area is 730 Å². The second-order valence-corrected chi connectivity index (χ2v) is 33.0. The minimum atomic E-state index is 0.150. The number of allylic oxidation sites excluding steroid dienone is 1. The van der Waals surface area contributed by atoms with Gasteiger partial charge in [0.25, 0.3) is 0 Å². The average Bonchev–Trinajstić information content (AvgIpc) is 1.58. The minimum absolute atomic E-state index is 0.150. The molecule has 0 heterocycles. The van der Waals surface area contributed by atoms with E-state index < -0.39 is 0 Å². The molecule has 122 heavy (non-hydrogen) atoms. The van der Waals surface area contributed by atoms with Gasteiger partial charge in [-0.25, -0.2) is 0 Å². The highest BCUT2D eigenvalue weighted by Crippen LogP contribution is 2.50. The molecule has 606 valence electrons. The molecule has 19 aromatic carbocycles. The molecule has 2 aliphatic rings. The van der Waals surface area contributed by atoms with Gasteiger partial charge in [0.05, 0.1) is 7.11 Å². The third-order valence-electron chi connectivity index (χ3n) is 22.7. The first-order valence-electron chi connectivity index (χ1n) is 42.4. The zero-order valence-electron chi connectivity index (χ0n) is 73.4. The van der Waals surface area contributed by atoms with Crippen LogP contribution in [0.3, 0.4) is 0 Å². The predicted octanol–water partition coefficient (Wildman–Crippen LogP) is 33.7. The summed E-state index contributed by atoms with van der Waals surface area (Å²) in [5, 5.41) is 16.0. The van der Waals surface area contributed by atoms with Crippen LogP contribution in [0.15, 0.2) is 442 Å². The van der Waals surface area contributed by atoms with Crippen molar-refractivity contribution in [1.82, 2.24) is 0 Å². The summed E-state index contributed by atoms with van der Waals surface area (Å²) >= 11 is 1.77. The van der Waals surface area contributed by atoms with Gasteiger partial charge in [-0.05, 0) is 228 Å². The van der Waals surface area contributed by atoms with Crippen LogP contribution in [0.5, 0.6) is 5.75 Å². The van der Waals surface area contributed by atoms with E-state index in [1.165, 1.54) is 170 Å². The first kappa shape index (κ1) is 87.9. The van der Waals surface area contributed by atoms with Crippen molar-refractivity contribution < 1.29 is 4.74 Å². The van der Waals surface area contributed by atoms with Crippen LogP contribution in [0.2, 0.25) is 0 Å². The van der Waals surface area contributed by atoms with Crippen LogP contribution in [0.4, 0.5) is 0 Å². The molecule has 19 aromatic rings. The van der Waals surface area contributed by atoms with Crippen LogP contribution in [-0.4, -0.2) is 13.4 Å². The molecule has 0 aromatic heterocycles. The lowest BCUT2D eigenvalue weighted by Crippen LogP contribution is -2.16. The molecule has 0 spiro atoms. The SMILES string of the molecule is CC=C(c1ccccc1)c1ccccc1.COc1ccccc1.CSc1ccccc1.Cc1cc2ccccc2c2ccccc12.Cc1ccc2c(c1)C(C)(C)c1ccccc1-2.Cc1ccc2c(ccc3ccccc32)c1.Cc1ccc2ccccc2c1.Cc1cccc2c1C(C)(C)c1ccccc1-2.Cc1cccc2ccccc12.Cc1ccccc1. The number of ether oxygens (including phenoxy) is 1. The molecule has 0 N–H and O–H groups in total. The lowest BCUT2D eigenvalue weighted by Gasteiger charge is -2.23. The third-order valence-corrected chi connectivity index (χ3v) is 23.4. The van der Waals surface area contributed by atoms with Crippen molar-refractivity contribution in [3.8, 4) is 28.0 Å². The van der Waals surface area contributed by atoms with E-state index in [1.54, 1.807) is 18.9 Å². The molecular weight excluding hydrogens is 1490 g/mol. The number of rotatable bonds is 4. The molecule has 0 saturated carbocycles. The number of hydrogen-bond acceptors (Lipinski definition) is 2. The van der Waals surface area contributed by atoms with Gasteiger partial charge in [0.15, 0.2) is 0 Å². The van der Waals surface area contributed by atoms with E-state index in [9.17, 15) is 0 Å². The van der Waals surface area contributed by atoms with Gasteiger partial charge in [0.1, 0.15) is 5.75 Å². The quantitative estimate of drug-likeness (QED) is 0.128. The summed E-state index contributed by atoms with van der Waals surface area (Å²) in [6, 6.07) is 151. The van der Waals surface area contributed by atoms with Crippen LogP contribution in [-0.2, 0) is 10.8 Å². The minimum Gasteiger partial charge on any atom is -0.497 e. The van der Waals surface area contributed by atoms with Crippen LogP contribution in [0.25, 0.3) is 92.5 Å². The van der Waals surface area contributed by atoms with E-state index in [1.807, 2.05) is 78.9 Å². The average molecular weight is 1600 g/mol. The van der Waals surface area contributed by atoms with Gasteiger partial charge in [0, 0.05) is 15.7 Å². The first-order valence-corrected chi connectivity index (χ1v) is 43.6. The molecule has 0 amide bonds. The number of hydrogen-bond donors (Lipinski definition) is 0. The number of para-hydroxylation sites is 1. The van der Waals surface area contributed by atoms with Crippen LogP contribution in [0.1, 0.15) is 107 Å². The number of methoxy groups -OCH3 is 1. The molecule has 0 unspecified atom stereocenters. The summed E-state index contributed by atoms with van der Waals surface area (Å²) in [4.78, 5) is 1.33. The van der Waals surface area contributed by atoms with Gasteiger partial charge in [-0.3, -0.25) is 0 Å². The summed E-state index contributed by atoms with van der Waals surface area (Å²) in [6.45, 7) is 26.4. The van der Waals surface area contributed by atoms with Crippen molar-refractivity contribution in [3.05, 3.63) is 509 Å². The Hall–Kier alpha value is -13.4. The van der Waals surface area contributed by atoms with Crippen molar-refractivity contribution in [1.29, 1.82) is 0 Å². The maximum atomic E-state index is 4.91. The first-order chi connectivity index (χ1) is 59.3. The van der Waals surface area contributed by atoms with Crippen molar-refractivity contribution in [3.63, 3.8) is 0 Å². The van der Waals surface area contributed by atoms with Crippen LogP contribution < -0.4 is 4.74 Å². The molecule has 0 atom stereocenters. The van der Waals surface area contributed by atoms with Crippen molar-refractivity contribution in [2.75, 3.05) is 13.4 Å². The Morgan fingerprint density at radius 3 is 1.19 bits per heavy atom. The maximum absolute atomic E-state index is 4.91. The standard InChI is InChI=1S/2C16H16.2C15H12.C15H14.2C11H10.C7H8O.C7H8S.C7H8/c1-11-7-6-9-13-12-8-4-5-10-14(12)16(2,3)15(11)13;1-11-8-9-13-12-6-4-5-7-14(12)16(2,3)15(13)10-11;1-11-10-12-6-2-3-8-14(12)15-9-5-4-7-13(11)15;1-11-6-9-15-13(10-11)8-7-12-4-2-3-5-14(12)15;1-2-15(13-9-5-3-6-10-13)14-11-7-4-8-12-14;1-9-5-4-7-10-6-2-3-8-11(9)10;1-9-6-7-10-4-2-3-5-11(10)8-9;2*1-8-7-5-3-2-4-6-7;1-7-5-3-2-4-6-7/h2*4-10H,1-3H3;2*2-10H,1H3;2-12H,1H3;2*2-8H,1H3;2*2-6H,1H3;2-6H,1H3. The van der Waals surface area contributed by atoms with Gasteiger partial charge >= 0.3 is 0 Å². The van der Waals surface area contributed by atoms with Gasteiger partial charge in [-0.1, -0.05) is 462 Å². The zero-order chi connectivity index (χ0) is 85.8. The van der Waals surface area contributed by atoms with E-state index in [4.69, 9.17) is 4.74 Å². The molecule has 0 saturated heterocycles. The predicted molar refractivity (Wildman–Crippen MR) is 535 cm³/mol. The topological polar surface area (TPSA) is 9.23 Å². The fourth-order valence-electron chi connectivity index (χ4n) is 16.4. The summed E-state index contributed by atoms with van der Waals surface area (Å²) in [6.07, 6.45) is 4.24. The van der Waals surface area contributed by atoms with Crippen molar-refractivity contribution in [2.24, 2.45) is 0 Å². The van der Waals surface area contributed by atoms with Crippen molar-refractivity contribution in [2.45, 2.75) is 98.8 Å². The molecule has 2 heteroatoms. The molecule has 2 aliphatic carbocycles. The fourth-order valence-corrected chi connectivity index (χ4v) is 16.8. The molecule has 1 nitrogen and oxygen atoms in total. The maximum Gasteiger partial charge on any atom is 0.118 e. The van der Waals surface area contributed by atoms with Gasteiger partial charge in [-0.2, -0.15) is 0 Å². The summed E-state index contributed by atoms with van der Waals surface area (Å²) in [7, 11) is 1.66. The Balaban J connectivity index is 0.000000125. The van der Waals surface area contributed by atoms with Gasteiger partial charge < -0.3 is 4.74 Å². The lowest BCUT2D eigenvalue weighted by molar-refractivity contribution is 0.415. The summed E-state index contributed by atoms with van der Waals surface area (Å²) < 4.78 is 4.91. The highest BCUT2D eigenvalue weighted by molar-refractivity contribution is 7.98. The molecule has 0 fully saturated rings. The zero-order valence-corrected chi connectivity index (χ0v) is 74.2. The monoisotopic (exact) mass is 1600 g/mol. The Bertz CT molecular complexity index is 6510. The number of benzene rings is 19. The molecular formula is C120H114OS. The van der Waals surface area contributed by atoms with Crippen LogP contribution in [0, 0.1) is 48.5 Å². The second kappa shape index (κ2) is 43.0. The summed E-state index contributed by atoms with van der Waals surface area (Å²) in [5.41, 5.74) is 25.1. The van der Waals surface area contributed by atoms with Gasteiger partial charge in [0.2, 0.25) is 0 Å². The molecule has 21 rings (SSSR count). The van der Waals surface area contributed by atoms with E-state index in [2.05, 4.69) is 447 Å². The molecule has 0 radical (unpaired) electrons. The second-order valence-electron chi connectivity index (χ2n) is 32.1. The molecule has 0 aliphatic heterocycles. The Kier molecular flexibility index (Phi) is 31.0. The van der Waals surface area contributed by atoms with E-state index in [0.29, 0.717) is 0 Å². The smallest absolute Gasteiger partial charge is 0.118 e. The van der Waals surface area contributed by atoms with E-state index in [-0.39, 0.29) is 10.8 Å². The Morgan fingerprint density at radius 2 is 0.631 bits per heavy atom. The van der Waals surface area contributed by atoms with Crippen LogP contribution >= 0.6 is 11.8 Å². The lowest BCUT2D eigenvalue weighted by atomic mass is 9.80. The van der Waals surface area contributed by atoms with E-state index >= 15 is 0 Å². The molecule has 0 bridgehead atoms. The normalized spacial score (nSPS) is 11.5. The number of fused-ring (bicyclic) bond motifs is 14. The largest absolute Gasteiger partial charge is 0.497 e. The number of thioether (sulfide) groups is 1. The third kappa shape index (κ3) is 22.6. The fraction of sp³-hybridized carbons (Fsp3) is 0.133. The van der Waals surface area contributed by atoms with Gasteiger partial charge in [-0.15, -0.1) is 11.8 Å². The summed E-state index contributed by atoms with van der Waals surface area (Å²) in [5.74, 6) is 0.910.